The Bertz CT molecular complexity index is 778. The number of hydrogen-bond acceptors (Lipinski definition) is 7. The van der Waals surface area contributed by atoms with Gasteiger partial charge in [-0.2, -0.15) is 15.4 Å². The number of para-hydroxylation sites is 2. The fraction of sp³-hybridized carbons (Fsp3) is 0.188. The minimum atomic E-state index is -0.651. The number of esters is 1. The second-order valence-corrected chi connectivity index (χ2v) is 4.81. The van der Waals surface area contributed by atoms with Gasteiger partial charge in [0.25, 0.3) is 0 Å². The summed E-state index contributed by atoms with van der Waals surface area (Å²) in [6.07, 6.45) is 0.682. The summed E-state index contributed by atoms with van der Waals surface area (Å²) >= 11 is 0. The van der Waals surface area contributed by atoms with Crippen LogP contribution in [0.2, 0.25) is 0 Å². The molecular weight excluding hydrogens is 314 g/mol. The molecule has 0 spiro atoms. The first-order valence-electron chi connectivity index (χ1n) is 7.20. The van der Waals surface area contributed by atoms with E-state index in [2.05, 4.69) is 15.4 Å². The zero-order chi connectivity index (χ0) is 17.5. The van der Waals surface area contributed by atoms with Gasteiger partial charge in [0, 0.05) is 0 Å². The van der Waals surface area contributed by atoms with E-state index < -0.39 is 23.2 Å². The number of aromatic nitrogens is 3. The van der Waals surface area contributed by atoms with Crippen molar-refractivity contribution in [3.8, 4) is 17.2 Å². The number of carbonyl (C=O) groups excluding carboxylic acids is 1. The molecule has 4 N–H and O–H groups in total. The zero-order valence-electron chi connectivity index (χ0n) is 12.9. The van der Waals surface area contributed by atoms with Crippen LogP contribution in [-0.2, 0) is 4.74 Å². The molecule has 1 heterocycles. The quantitative estimate of drug-likeness (QED) is 0.428. The molecule has 0 unspecified atom stereocenters. The molecular formula is C16H17N3O5. The van der Waals surface area contributed by atoms with Crippen molar-refractivity contribution in [1.82, 2.24) is 15.4 Å². The van der Waals surface area contributed by atoms with E-state index in [0.717, 1.165) is 23.2 Å². The molecule has 3 rings (SSSR count). The number of rotatable bonds is 3. The first-order chi connectivity index (χ1) is 11.5. The van der Waals surface area contributed by atoms with Crippen LogP contribution < -0.4 is 0 Å². The topological polar surface area (TPSA) is 129 Å². The van der Waals surface area contributed by atoms with Gasteiger partial charge in [0.2, 0.25) is 0 Å². The Morgan fingerprint density at radius 3 is 2.12 bits per heavy atom. The van der Waals surface area contributed by atoms with E-state index in [-0.39, 0.29) is 12.2 Å². The van der Waals surface area contributed by atoms with Gasteiger partial charge in [-0.25, -0.2) is 4.79 Å². The van der Waals surface area contributed by atoms with E-state index in [9.17, 15) is 4.79 Å². The zero-order valence-corrected chi connectivity index (χ0v) is 12.9. The number of fused-ring (bicyclic) bond motifs is 1. The van der Waals surface area contributed by atoms with Crippen molar-refractivity contribution >= 4 is 17.0 Å². The maximum absolute atomic E-state index is 11.3. The largest absolute Gasteiger partial charge is 0.504 e. The third-order valence-corrected chi connectivity index (χ3v) is 2.97. The maximum Gasteiger partial charge on any atom is 0.338 e. The Morgan fingerprint density at radius 1 is 1.08 bits per heavy atom. The van der Waals surface area contributed by atoms with Crippen molar-refractivity contribution in [2.24, 2.45) is 0 Å². The van der Waals surface area contributed by atoms with Gasteiger partial charge in [-0.3, -0.25) is 0 Å². The summed E-state index contributed by atoms with van der Waals surface area (Å²) in [5.41, 5.74) is 1.83. The molecule has 2 aromatic carbocycles. The summed E-state index contributed by atoms with van der Waals surface area (Å²) in [5, 5.41) is 37.6. The number of aromatic amines is 1. The van der Waals surface area contributed by atoms with Gasteiger partial charge >= 0.3 is 5.97 Å². The van der Waals surface area contributed by atoms with Crippen LogP contribution in [0.3, 0.4) is 0 Å². The van der Waals surface area contributed by atoms with E-state index in [1.54, 1.807) is 0 Å². The van der Waals surface area contributed by atoms with E-state index in [1.165, 1.54) is 0 Å². The highest BCUT2D eigenvalue weighted by atomic mass is 16.5. The molecule has 0 aliphatic heterocycles. The van der Waals surface area contributed by atoms with Crippen LogP contribution >= 0.6 is 0 Å². The Labute approximate surface area is 137 Å². The van der Waals surface area contributed by atoms with Crippen molar-refractivity contribution in [2.45, 2.75) is 13.3 Å². The summed E-state index contributed by atoms with van der Waals surface area (Å²) in [4.78, 5) is 11.3. The van der Waals surface area contributed by atoms with Crippen LogP contribution in [0, 0.1) is 0 Å². The van der Waals surface area contributed by atoms with E-state index in [1.807, 2.05) is 31.2 Å². The number of nitrogens with zero attached hydrogens (tertiary/aromatic N) is 2. The minimum absolute atomic E-state index is 0.00347. The van der Waals surface area contributed by atoms with E-state index in [0.29, 0.717) is 6.42 Å². The molecule has 126 valence electrons. The van der Waals surface area contributed by atoms with Gasteiger partial charge in [0.05, 0.1) is 12.2 Å². The molecule has 8 nitrogen and oxygen atoms in total. The Morgan fingerprint density at radius 2 is 1.62 bits per heavy atom. The molecule has 0 aliphatic rings. The highest BCUT2D eigenvalue weighted by Gasteiger charge is 2.14. The minimum Gasteiger partial charge on any atom is -0.504 e. The molecule has 0 aliphatic carbocycles. The summed E-state index contributed by atoms with van der Waals surface area (Å²) in [6, 6.07) is 9.77. The molecule has 3 aromatic rings. The summed E-state index contributed by atoms with van der Waals surface area (Å²) in [7, 11) is 0. The Kier molecular flexibility index (Phi) is 5.56. The second-order valence-electron chi connectivity index (χ2n) is 4.81. The number of phenolic OH excluding ortho intramolecular Hbond substituents is 3. The van der Waals surface area contributed by atoms with Gasteiger partial charge in [0.15, 0.2) is 17.2 Å². The van der Waals surface area contributed by atoms with Gasteiger partial charge < -0.3 is 20.1 Å². The lowest BCUT2D eigenvalue weighted by Crippen LogP contribution is -2.05. The third kappa shape index (κ3) is 4.13. The highest BCUT2D eigenvalue weighted by molar-refractivity contribution is 5.91. The number of phenols is 3. The third-order valence-electron chi connectivity index (χ3n) is 2.97. The number of benzene rings is 2. The molecule has 24 heavy (non-hydrogen) atoms. The van der Waals surface area contributed by atoms with E-state index in [4.69, 9.17) is 20.1 Å². The Balaban J connectivity index is 0.000000194. The summed E-state index contributed by atoms with van der Waals surface area (Å²) in [6.45, 7) is 2.11. The molecule has 0 saturated carbocycles. The molecule has 0 saturated heterocycles. The van der Waals surface area contributed by atoms with Crippen LogP contribution in [-0.4, -0.2) is 43.3 Å². The van der Waals surface area contributed by atoms with Gasteiger partial charge in [-0.1, -0.05) is 19.1 Å². The first-order valence-corrected chi connectivity index (χ1v) is 7.20. The van der Waals surface area contributed by atoms with Crippen LogP contribution in [0.15, 0.2) is 36.4 Å². The van der Waals surface area contributed by atoms with Crippen molar-refractivity contribution in [3.63, 3.8) is 0 Å². The number of nitrogens with one attached hydrogen (secondary N) is 1. The average Bonchev–Trinajstić information content (AvgIpc) is 3.06. The Hall–Kier alpha value is -3.29. The second kappa shape index (κ2) is 7.82. The molecule has 0 atom stereocenters. The smallest absolute Gasteiger partial charge is 0.338 e. The van der Waals surface area contributed by atoms with Crippen LogP contribution in [0.1, 0.15) is 23.7 Å². The number of hydrogen-bond donors (Lipinski definition) is 4. The van der Waals surface area contributed by atoms with Gasteiger partial charge in [-0.05, 0) is 30.7 Å². The molecule has 0 amide bonds. The molecule has 0 fully saturated rings. The average molecular weight is 331 g/mol. The molecule has 1 aromatic heterocycles. The monoisotopic (exact) mass is 331 g/mol. The maximum atomic E-state index is 11.3. The fourth-order valence-electron chi connectivity index (χ4n) is 1.79. The highest BCUT2D eigenvalue weighted by Crippen LogP contribution is 2.35. The summed E-state index contributed by atoms with van der Waals surface area (Å²) in [5.74, 6) is -2.42. The lowest BCUT2D eigenvalue weighted by atomic mass is 10.2. The van der Waals surface area contributed by atoms with Crippen molar-refractivity contribution < 1.29 is 24.9 Å². The molecule has 8 heteroatoms. The van der Waals surface area contributed by atoms with Crippen LogP contribution in [0.5, 0.6) is 17.2 Å². The number of aromatic hydroxyl groups is 3. The number of carbonyl (C=O) groups is 1. The standard InChI is InChI=1S/C10H12O5.C6H5N3/c1-2-3-15-10(14)6-4-7(11)9(13)8(12)5-6;1-2-4-6-5(3-1)7-9-8-6/h4-5,11-13H,2-3H2,1H3;1-4H,(H,7,8,9). The molecule has 0 bridgehead atoms. The van der Waals surface area contributed by atoms with E-state index >= 15 is 0 Å². The fourth-order valence-corrected chi connectivity index (χ4v) is 1.79. The number of H-pyrrole nitrogens is 1. The SMILES string of the molecule is CCCOC(=O)c1cc(O)c(O)c(O)c1.c1ccc2n[nH]nc2c1. The lowest BCUT2D eigenvalue weighted by molar-refractivity contribution is 0.0504. The normalized spacial score (nSPS) is 10.0. The lowest BCUT2D eigenvalue weighted by Gasteiger charge is -2.05. The first kappa shape index (κ1) is 17.1. The van der Waals surface area contributed by atoms with Crippen molar-refractivity contribution in [3.05, 3.63) is 42.0 Å². The number of ether oxygens (including phenoxy) is 1. The predicted molar refractivity (Wildman–Crippen MR) is 85.9 cm³/mol. The van der Waals surface area contributed by atoms with Crippen molar-refractivity contribution in [2.75, 3.05) is 6.61 Å². The van der Waals surface area contributed by atoms with Gasteiger partial charge in [-0.15, -0.1) is 0 Å². The summed E-state index contributed by atoms with van der Waals surface area (Å²) < 4.78 is 4.78. The predicted octanol–water partition coefficient (Wildman–Crippen LogP) is 2.33. The van der Waals surface area contributed by atoms with Crippen LogP contribution in [0.25, 0.3) is 11.0 Å². The van der Waals surface area contributed by atoms with Crippen LogP contribution in [0.4, 0.5) is 0 Å². The molecule has 0 radical (unpaired) electrons. The van der Waals surface area contributed by atoms with Crippen molar-refractivity contribution in [1.29, 1.82) is 0 Å². The van der Waals surface area contributed by atoms with Gasteiger partial charge in [0.1, 0.15) is 11.0 Å².